The van der Waals surface area contributed by atoms with E-state index in [0.29, 0.717) is 17.2 Å². The third-order valence-corrected chi connectivity index (χ3v) is 4.58. The van der Waals surface area contributed by atoms with Gasteiger partial charge in [0.25, 0.3) is 0 Å². The first-order valence-corrected chi connectivity index (χ1v) is 7.04. The first-order chi connectivity index (χ1) is 8.15. The Kier molecular flexibility index (Phi) is 3.90. The van der Waals surface area contributed by atoms with Gasteiger partial charge >= 0.3 is 0 Å². The molecule has 1 heterocycles. The van der Waals surface area contributed by atoms with Crippen molar-refractivity contribution < 1.29 is 4.79 Å². The van der Waals surface area contributed by atoms with Gasteiger partial charge in [-0.05, 0) is 50.4 Å². The van der Waals surface area contributed by atoms with Crippen LogP contribution in [-0.4, -0.2) is 23.9 Å². The van der Waals surface area contributed by atoms with Crippen LogP contribution in [0.15, 0.2) is 12.2 Å². The van der Waals surface area contributed by atoms with Crippen molar-refractivity contribution in [3.8, 4) is 0 Å². The highest BCUT2D eigenvalue weighted by Gasteiger charge is 2.45. The van der Waals surface area contributed by atoms with Crippen LogP contribution in [0.2, 0.25) is 0 Å². The number of likely N-dealkylation sites (tertiary alicyclic amines) is 1. The van der Waals surface area contributed by atoms with E-state index in [-0.39, 0.29) is 0 Å². The van der Waals surface area contributed by atoms with E-state index in [4.69, 9.17) is 0 Å². The number of hydrogen-bond acceptors (Lipinski definition) is 1. The van der Waals surface area contributed by atoms with E-state index < -0.39 is 0 Å². The third kappa shape index (κ3) is 3.11. The molecule has 1 aliphatic carbocycles. The molecule has 0 aromatic rings. The van der Waals surface area contributed by atoms with Crippen molar-refractivity contribution in [2.75, 3.05) is 13.1 Å². The molecule has 0 radical (unpaired) electrons. The van der Waals surface area contributed by atoms with Crippen molar-refractivity contribution in [3.63, 3.8) is 0 Å². The Bertz CT molecular complexity index is 304. The lowest BCUT2D eigenvalue weighted by atomic mass is 9.85. The summed E-state index contributed by atoms with van der Waals surface area (Å²) in [4.78, 5) is 14.3. The van der Waals surface area contributed by atoms with Gasteiger partial charge in [0.15, 0.2) is 0 Å². The molecule has 0 aromatic carbocycles. The van der Waals surface area contributed by atoms with Crippen molar-refractivity contribution in [2.24, 2.45) is 11.3 Å². The molecule has 2 rings (SSSR count). The normalized spacial score (nSPS) is 28.5. The van der Waals surface area contributed by atoms with Gasteiger partial charge in [-0.3, -0.25) is 4.79 Å². The van der Waals surface area contributed by atoms with Gasteiger partial charge in [-0.1, -0.05) is 19.1 Å². The second-order valence-corrected chi connectivity index (χ2v) is 5.94. The van der Waals surface area contributed by atoms with Crippen LogP contribution >= 0.6 is 0 Å². The van der Waals surface area contributed by atoms with Gasteiger partial charge in [0.05, 0.1) is 0 Å². The Labute approximate surface area is 105 Å². The fourth-order valence-electron chi connectivity index (χ4n) is 2.93. The predicted octanol–water partition coefficient (Wildman–Crippen LogP) is 3.38. The summed E-state index contributed by atoms with van der Waals surface area (Å²) in [5.41, 5.74) is 0.509. The molecule has 2 nitrogen and oxygen atoms in total. The molecule has 2 heteroatoms. The van der Waals surface area contributed by atoms with Gasteiger partial charge < -0.3 is 4.90 Å². The molecule has 1 amide bonds. The zero-order valence-corrected chi connectivity index (χ0v) is 11.2. The fraction of sp³-hybridized carbons (Fsp3) is 0.800. The Morgan fingerprint density at radius 1 is 1.47 bits per heavy atom. The maximum absolute atomic E-state index is 12.2. The predicted molar refractivity (Wildman–Crippen MR) is 70.7 cm³/mol. The van der Waals surface area contributed by atoms with E-state index in [1.165, 1.54) is 25.7 Å². The third-order valence-electron chi connectivity index (χ3n) is 4.58. The molecule has 1 saturated heterocycles. The SMILES string of the molecule is CC=CCCN1CCCC(C2(C)CC2)CC1=O. The molecule has 96 valence electrons. The zero-order chi connectivity index (χ0) is 12.3. The quantitative estimate of drug-likeness (QED) is 0.684. The average Bonchev–Trinajstić information content (AvgIpc) is 3.06. The summed E-state index contributed by atoms with van der Waals surface area (Å²) in [5, 5.41) is 0. The molecule has 1 saturated carbocycles. The monoisotopic (exact) mass is 235 g/mol. The van der Waals surface area contributed by atoms with Crippen LogP contribution in [0.3, 0.4) is 0 Å². The van der Waals surface area contributed by atoms with E-state index in [9.17, 15) is 4.79 Å². The largest absolute Gasteiger partial charge is 0.342 e. The second kappa shape index (κ2) is 5.24. The minimum absolute atomic E-state index is 0.394. The summed E-state index contributed by atoms with van der Waals surface area (Å²) in [6.45, 7) is 6.28. The Morgan fingerprint density at radius 2 is 2.24 bits per heavy atom. The van der Waals surface area contributed by atoms with E-state index in [0.717, 1.165) is 25.9 Å². The smallest absolute Gasteiger partial charge is 0.222 e. The minimum atomic E-state index is 0.394. The number of carbonyl (C=O) groups excluding carboxylic acids is 1. The van der Waals surface area contributed by atoms with Crippen LogP contribution in [0.4, 0.5) is 0 Å². The molecule has 1 aliphatic heterocycles. The lowest BCUT2D eigenvalue weighted by molar-refractivity contribution is -0.131. The highest BCUT2D eigenvalue weighted by atomic mass is 16.2. The summed E-state index contributed by atoms with van der Waals surface area (Å²) in [6.07, 6.45) is 11.1. The first-order valence-electron chi connectivity index (χ1n) is 7.04. The van der Waals surface area contributed by atoms with Crippen LogP contribution in [0.5, 0.6) is 0 Å². The van der Waals surface area contributed by atoms with Crippen LogP contribution in [0.1, 0.15) is 52.4 Å². The number of nitrogens with zero attached hydrogens (tertiary/aromatic N) is 1. The Hall–Kier alpha value is -0.790. The summed E-state index contributed by atoms with van der Waals surface area (Å²) in [7, 11) is 0. The second-order valence-electron chi connectivity index (χ2n) is 5.94. The molecule has 0 bridgehead atoms. The molecule has 2 fully saturated rings. The number of hydrogen-bond donors (Lipinski definition) is 0. The van der Waals surface area contributed by atoms with Crippen molar-refractivity contribution >= 4 is 5.91 Å². The van der Waals surface area contributed by atoms with Crippen molar-refractivity contribution in [1.82, 2.24) is 4.90 Å². The molecule has 17 heavy (non-hydrogen) atoms. The lowest BCUT2D eigenvalue weighted by Crippen LogP contribution is -2.32. The molecule has 0 N–H and O–H groups in total. The summed E-state index contributed by atoms with van der Waals surface area (Å²) in [5.74, 6) is 1.05. The fourth-order valence-corrected chi connectivity index (χ4v) is 2.93. The molecule has 0 spiro atoms. The maximum atomic E-state index is 12.2. The minimum Gasteiger partial charge on any atom is -0.342 e. The van der Waals surface area contributed by atoms with Crippen molar-refractivity contribution in [3.05, 3.63) is 12.2 Å². The van der Waals surface area contributed by atoms with E-state index in [1.54, 1.807) is 0 Å². The van der Waals surface area contributed by atoms with Gasteiger partial charge in [-0.2, -0.15) is 0 Å². The van der Waals surface area contributed by atoms with Gasteiger partial charge in [0.1, 0.15) is 0 Å². The van der Waals surface area contributed by atoms with Gasteiger partial charge in [-0.15, -0.1) is 0 Å². The van der Waals surface area contributed by atoms with Crippen LogP contribution in [0, 0.1) is 11.3 Å². The zero-order valence-electron chi connectivity index (χ0n) is 11.2. The number of rotatable bonds is 4. The summed E-state index contributed by atoms with van der Waals surface area (Å²) >= 11 is 0. The standard InChI is InChI=1S/C15H25NO/c1-3-4-5-10-16-11-6-7-13(12-14(16)17)15(2)8-9-15/h3-4,13H,5-12H2,1-2H3. The molecule has 2 aliphatic rings. The lowest BCUT2D eigenvalue weighted by Gasteiger charge is -2.22. The Morgan fingerprint density at radius 3 is 2.88 bits per heavy atom. The van der Waals surface area contributed by atoms with E-state index in [2.05, 4.69) is 24.0 Å². The summed E-state index contributed by atoms with van der Waals surface area (Å²) in [6, 6.07) is 0. The molecular formula is C15H25NO. The van der Waals surface area contributed by atoms with Gasteiger partial charge in [0.2, 0.25) is 5.91 Å². The molecular weight excluding hydrogens is 210 g/mol. The van der Waals surface area contributed by atoms with Crippen LogP contribution < -0.4 is 0 Å². The maximum Gasteiger partial charge on any atom is 0.222 e. The molecule has 1 atom stereocenters. The van der Waals surface area contributed by atoms with Crippen molar-refractivity contribution in [2.45, 2.75) is 52.4 Å². The van der Waals surface area contributed by atoms with Crippen LogP contribution in [-0.2, 0) is 4.79 Å². The number of allylic oxidation sites excluding steroid dienone is 1. The highest BCUT2D eigenvalue weighted by Crippen LogP contribution is 2.54. The first kappa shape index (κ1) is 12.7. The van der Waals surface area contributed by atoms with E-state index in [1.807, 2.05) is 6.92 Å². The highest BCUT2D eigenvalue weighted by molar-refractivity contribution is 5.76. The topological polar surface area (TPSA) is 20.3 Å². The molecule has 1 unspecified atom stereocenters. The average molecular weight is 235 g/mol. The molecule has 0 aromatic heterocycles. The van der Waals surface area contributed by atoms with Crippen molar-refractivity contribution in [1.29, 1.82) is 0 Å². The Balaban J connectivity index is 1.87. The number of amides is 1. The van der Waals surface area contributed by atoms with Crippen LogP contribution in [0.25, 0.3) is 0 Å². The van der Waals surface area contributed by atoms with Gasteiger partial charge in [-0.25, -0.2) is 0 Å². The summed E-state index contributed by atoms with van der Waals surface area (Å²) < 4.78 is 0. The van der Waals surface area contributed by atoms with Gasteiger partial charge in [0, 0.05) is 19.5 Å². The number of carbonyl (C=O) groups is 1. The van der Waals surface area contributed by atoms with E-state index >= 15 is 0 Å².